The number of sulfonamides is 1. The molecule has 2 bridgehead atoms. The summed E-state index contributed by atoms with van der Waals surface area (Å²) in [5, 5.41) is 0.0284. The Labute approximate surface area is 106 Å². The number of alkyl halides is 1. The number of halogens is 1. The number of hydrogen-bond acceptors (Lipinski definition) is 3. The summed E-state index contributed by atoms with van der Waals surface area (Å²) in [4.78, 5) is 0. The second-order valence-electron chi connectivity index (χ2n) is 4.76. The zero-order valence-corrected chi connectivity index (χ0v) is 10.9. The van der Waals surface area contributed by atoms with Crippen LogP contribution in [-0.2, 0) is 15.9 Å². The summed E-state index contributed by atoms with van der Waals surface area (Å²) < 4.78 is 31.5. The lowest BCUT2D eigenvalue weighted by Crippen LogP contribution is -2.37. The molecule has 0 aromatic carbocycles. The number of rotatable bonds is 3. The minimum Gasteiger partial charge on any atom is -0.447 e. The second-order valence-corrected chi connectivity index (χ2v) is 6.85. The minimum atomic E-state index is -3.45. The second kappa shape index (κ2) is 4.00. The average molecular weight is 276 g/mol. The van der Waals surface area contributed by atoms with Crippen molar-refractivity contribution < 1.29 is 12.8 Å². The molecule has 1 aliphatic heterocycles. The summed E-state index contributed by atoms with van der Waals surface area (Å²) >= 11 is 5.61. The summed E-state index contributed by atoms with van der Waals surface area (Å²) in [6, 6.07) is 3.29. The molecular formula is C11H14ClNO3S. The van der Waals surface area contributed by atoms with Gasteiger partial charge in [0.2, 0.25) is 5.09 Å². The molecule has 2 unspecified atom stereocenters. The van der Waals surface area contributed by atoms with Crippen LogP contribution in [0.25, 0.3) is 0 Å². The highest BCUT2D eigenvalue weighted by Crippen LogP contribution is 2.40. The molecule has 1 aliphatic carbocycles. The molecule has 0 amide bonds. The van der Waals surface area contributed by atoms with Gasteiger partial charge in [0.05, 0.1) is 5.88 Å². The molecule has 2 atom stereocenters. The molecule has 2 fully saturated rings. The Morgan fingerprint density at radius 3 is 2.76 bits per heavy atom. The molecule has 0 spiro atoms. The molecule has 1 saturated heterocycles. The first kappa shape index (κ1) is 11.6. The lowest BCUT2D eigenvalue weighted by atomic mass is 10.1. The molecule has 1 saturated carbocycles. The standard InChI is InChI=1S/C11H14ClNO3S/c12-6-10-3-4-11(16-10)17(14,15)13-7-8-1-2-9(13)5-8/h3-4,8-9H,1-2,5-7H2. The van der Waals surface area contributed by atoms with Gasteiger partial charge in [-0.25, -0.2) is 8.42 Å². The number of furan rings is 1. The van der Waals surface area contributed by atoms with Crippen molar-refractivity contribution in [3.63, 3.8) is 0 Å². The van der Waals surface area contributed by atoms with Crippen molar-refractivity contribution >= 4 is 21.6 Å². The van der Waals surface area contributed by atoms with Crippen LogP contribution < -0.4 is 0 Å². The van der Waals surface area contributed by atoms with E-state index in [9.17, 15) is 8.42 Å². The van der Waals surface area contributed by atoms with Crippen LogP contribution in [0.4, 0.5) is 0 Å². The van der Waals surface area contributed by atoms with E-state index in [-0.39, 0.29) is 17.0 Å². The fraction of sp³-hybridized carbons (Fsp3) is 0.636. The maximum atomic E-state index is 12.3. The fourth-order valence-corrected chi connectivity index (χ4v) is 4.68. The summed E-state index contributed by atoms with van der Waals surface area (Å²) in [7, 11) is -3.45. The first-order valence-electron chi connectivity index (χ1n) is 5.78. The first-order chi connectivity index (χ1) is 8.11. The van der Waals surface area contributed by atoms with Gasteiger partial charge in [-0.3, -0.25) is 0 Å². The van der Waals surface area contributed by atoms with Crippen molar-refractivity contribution in [3.8, 4) is 0 Å². The molecule has 1 aromatic heterocycles. The van der Waals surface area contributed by atoms with Crippen LogP contribution in [0.3, 0.4) is 0 Å². The van der Waals surface area contributed by atoms with Gasteiger partial charge in [0.15, 0.2) is 0 Å². The first-order valence-corrected chi connectivity index (χ1v) is 7.75. The number of fused-ring (bicyclic) bond motifs is 2. The predicted molar refractivity (Wildman–Crippen MR) is 63.3 cm³/mol. The quantitative estimate of drug-likeness (QED) is 0.795. The van der Waals surface area contributed by atoms with Crippen molar-refractivity contribution in [2.75, 3.05) is 6.54 Å². The molecule has 0 N–H and O–H groups in total. The van der Waals surface area contributed by atoms with Crippen molar-refractivity contribution in [1.29, 1.82) is 0 Å². The van der Waals surface area contributed by atoms with Crippen molar-refractivity contribution in [3.05, 3.63) is 17.9 Å². The van der Waals surface area contributed by atoms with Gasteiger partial charge in [0.25, 0.3) is 10.0 Å². The molecule has 94 valence electrons. The Balaban J connectivity index is 1.90. The molecule has 17 heavy (non-hydrogen) atoms. The largest absolute Gasteiger partial charge is 0.447 e. The predicted octanol–water partition coefficient (Wildman–Crippen LogP) is 2.19. The molecule has 1 aromatic rings. The average Bonchev–Trinajstić information content (AvgIpc) is 3.04. The molecule has 0 radical (unpaired) electrons. The Bertz CT molecular complexity index is 525. The van der Waals surface area contributed by atoms with Crippen LogP contribution in [0.5, 0.6) is 0 Å². The highest BCUT2D eigenvalue weighted by Gasteiger charge is 2.45. The van der Waals surface area contributed by atoms with Crippen LogP contribution >= 0.6 is 11.6 Å². The van der Waals surface area contributed by atoms with E-state index >= 15 is 0 Å². The Morgan fingerprint density at radius 1 is 1.41 bits per heavy atom. The van der Waals surface area contributed by atoms with Gasteiger partial charge in [-0.15, -0.1) is 11.6 Å². The fourth-order valence-electron chi connectivity index (χ4n) is 2.86. The van der Waals surface area contributed by atoms with Crippen molar-refractivity contribution in [1.82, 2.24) is 4.31 Å². The van der Waals surface area contributed by atoms with Crippen LogP contribution in [0.1, 0.15) is 25.0 Å². The van der Waals surface area contributed by atoms with Gasteiger partial charge < -0.3 is 4.42 Å². The van der Waals surface area contributed by atoms with Gasteiger partial charge in [-0.2, -0.15) is 4.31 Å². The lowest BCUT2D eigenvalue weighted by molar-refractivity contribution is 0.318. The van der Waals surface area contributed by atoms with E-state index in [1.807, 2.05) is 0 Å². The maximum absolute atomic E-state index is 12.3. The molecule has 2 aliphatic rings. The van der Waals surface area contributed by atoms with Crippen LogP contribution in [0.2, 0.25) is 0 Å². The molecule has 2 heterocycles. The summed E-state index contributed by atoms with van der Waals surface area (Å²) in [6.45, 7) is 0.643. The summed E-state index contributed by atoms with van der Waals surface area (Å²) in [5.41, 5.74) is 0. The SMILES string of the molecule is O=S(=O)(c1ccc(CCl)o1)N1CC2CCC1C2. The van der Waals surface area contributed by atoms with Crippen LogP contribution in [0.15, 0.2) is 21.6 Å². The number of hydrogen-bond donors (Lipinski definition) is 0. The Kier molecular flexibility index (Phi) is 2.72. The van der Waals surface area contributed by atoms with Gasteiger partial charge in [0, 0.05) is 12.6 Å². The topological polar surface area (TPSA) is 50.5 Å². The summed E-state index contributed by atoms with van der Waals surface area (Å²) in [6.07, 6.45) is 3.14. The van der Waals surface area contributed by atoms with E-state index in [0.29, 0.717) is 18.2 Å². The highest BCUT2D eigenvalue weighted by molar-refractivity contribution is 7.89. The Morgan fingerprint density at radius 2 is 2.24 bits per heavy atom. The van der Waals surface area contributed by atoms with E-state index in [1.165, 1.54) is 6.07 Å². The molecule has 4 nitrogen and oxygen atoms in total. The van der Waals surface area contributed by atoms with Gasteiger partial charge in [-0.1, -0.05) is 0 Å². The molecule has 6 heteroatoms. The number of nitrogens with zero attached hydrogens (tertiary/aromatic N) is 1. The zero-order chi connectivity index (χ0) is 12.0. The van der Waals surface area contributed by atoms with Crippen molar-refractivity contribution in [2.24, 2.45) is 5.92 Å². The monoisotopic (exact) mass is 275 g/mol. The number of piperidine rings is 1. The van der Waals surface area contributed by atoms with E-state index in [1.54, 1.807) is 10.4 Å². The van der Waals surface area contributed by atoms with Crippen molar-refractivity contribution in [2.45, 2.75) is 36.3 Å². The van der Waals surface area contributed by atoms with E-state index < -0.39 is 10.0 Å². The third-order valence-electron chi connectivity index (χ3n) is 3.69. The smallest absolute Gasteiger partial charge is 0.276 e. The van der Waals surface area contributed by atoms with E-state index in [2.05, 4.69) is 0 Å². The van der Waals surface area contributed by atoms with E-state index in [0.717, 1.165) is 19.3 Å². The van der Waals surface area contributed by atoms with Crippen LogP contribution in [-0.4, -0.2) is 25.3 Å². The van der Waals surface area contributed by atoms with Gasteiger partial charge >= 0.3 is 0 Å². The normalized spacial score (nSPS) is 29.0. The van der Waals surface area contributed by atoms with Crippen LogP contribution in [0, 0.1) is 5.92 Å². The maximum Gasteiger partial charge on any atom is 0.276 e. The summed E-state index contributed by atoms with van der Waals surface area (Å²) in [5.74, 6) is 1.23. The Hall–Kier alpha value is -0.520. The minimum absolute atomic E-state index is 0.0284. The lowest BCUT2D eigenvalue weighted by Gasteiger charge is -2.24. The van der Waals surface area contributed by atoms with Gasteiger partial charge in [-0.05, 0) is 37.3 Å². The molecular weight excluding hydrogens is 262 g/mol. The van der Waals surface area contributed by atoms with Gasteiger partial charge in [0.1, 0.15) is 5.76 Å². The third-order valence-corrected chi connectivity index (χ3v) is 5.75. The molecule has 3 rings (SSSR count). The zero-order valence-electron chi connectivity index (χ0n) is 9.30. The third kappa shape index (κ3) is 1.80. The van der Waals surface area contributed by atoms with E-state index in [4.69, 9.17) is 16.0 Å². The highest BCUT2D eigenvalue weighted by atomic mass is 35.5.